The number of hydrogen-bond acceptors (Lipinski definition) is 4. The summed E-state index contributed by atoms with van der Waals surface area (Å²) in [6.07, 6.45) is 3.29. The molecule has 28 heavy (non-hydrogen) atoms. The first kappa shape index (κ1) is 18.8. The maximum atomic E-state index is 12.2. The van der Waals surface area contributed by atoms with Gasteiger partial charge in [-0.1, -0.05) is 31.5 Å². The van der Waals surface area contributed by atoms with Crippen LogP contribution in [0.5, 0.6) is 11.5 Å². The zero-order valence-electron chi connectivity index (χ0n) is 16.3. The van der Waals surface area contributed by atoms with Crippen LogP contribution in [0, 0.1) is 11.8 Å². The maximum absolute atomic E-state index is 12.2. The van der Waals surface area contributed by atoms with Crippen LogP contribution >= 0.6 is 0 Å². The Labute approximate surface area is 166 Å². The number of piperidine rings is 3. The number of carbonyl (C=O) groups excluding carboxylic acids is 1. The van der Waals surface area contributed by atoms with Crippen LogP contribution in [-0.4, -0.2) is 36.7 Å². The van der Waals surface area contributed by atoms with Crippen LogP contribution in [0.4, 0.5) is 10.5 Å². The molecule has 0 aromatic heterocycles. The van der Waals surface area contributed by atoms with Crippen molar-refractivity contribution in [1.82, 2.24) is 4.90 Å². The Morgan fingerprint density at radius 3 is 2.54 bits per heavy atom. The molecule has 0 radical (unpaired) electrons. The summed E-state index contributed by atoms with van der Waals surface area (Å²) in [6, 6.07) is 17.3. The van der Waals surface area contributed by atoms with Crippen LogP contribution in [0.15, 0.2) is 54.6 Å². The van der Waals surface area contributed by atoms with Gasteiger partial charge in [0.25, 0.3) is 0 Å². The molecule has 0 spiro atoms. The van der Waals surface area contributed by atoms with Crippen molar-refractivity contribution < 1.29 is 14.3 Å². The molecular weight excluding hydrogens is 352 g/mol. The summed E-state index contributed by atoms with van der Waals surface area (Å²) in [6.45, 7) is 5.04. The molecule has 2 bridgehead atoms. The van der Waals surface area contributed by atoms with Crippen molar-refractivity contribution in [2.45, 2.75) is 32.2 Å². The molecule has 5 heteroatoms. The Morgan fingerprint density at radius 2 is 1.86 bits per heavy atom. The van der Waals surface area contributed by atoms with E-state index in [-0.39, 0.29) is 0 Å². The zero-order valence-corrected chi connectivity index (χ0v) is 16.3. The second kappa shape index (κ2) is 8.65. The van der Waals surface area contributed by atoms with Gasteiger partial charge in [0, 0.05) is 18.3 Å². The lowest BCUT2D eigenvalue weighted by molar-refractivity contribution is -0.0240. The van der Waals surface area contributed by atoms with Crippen LogP contribution in [0.1, 0.15) is 26.2 Å². The predicted molar refractivity (Wildman–Crippen MR) is 110 cm³/mol. The SMILES string of the molecule is CC[C@H]1CN2CC[C@H]1C[C@@H]2COC(=O)Nc1ccc(Oc2ccccc2)cc1. The van der Waals surface area contributed by atoms with Gasteiger partial charge >= 0.3 is 6.09 Å². The Kier molecular flexibility index (Phi) is 5.81. The number of hydrogen-bond donors (Lipinski definition) is 1. The minimum Gasteiger partial charge on any atom is -0.457 e. The largest absolute Gasteiger partial charge is 0.457 e. The fourth-order valence-electron chi connectivity index (χ4n) is 4.44. The fourth-order valence-corrected chi connectivity index (χ4v) is 4.44. The smallest absolute Gasteiger partial charge is 0.411 e. The van der Waals surface area contributed by atoms with E-state index in [1.807, 2.05) is 54.6 Å². The second-order valence-corrected chi connectivity index (χ2v) is 7.76. The summed E-state index contributed by atoms with van der Waals surface area (Å²) in [7, 11) is 0. The lowest BCUT2D eigenvalue weighted by Gasteiger charge is -2.49. The van der Waals surface area contributed by atoms with Crippen LogP contribution in [0.3, 0.4) is 0 Å². The van der Waals surface area contributed by atoms with Gasteiger partial charge in [-0.3, -0.25) is 10.2 Å². The van der Waals surface area contributed by atoms with E-state index in [9.17, 15) is 4.79 Å². The molecule has 3 heterocycles. The first-order chi connectivity index (χ1) is 13.7. The van der Waals surface area contributed by atoms with Crippen molar-refractivity contribution in [2.75, 3.05) is 25.0 Å². The van der Waals surface area contributed by atoms with Gasteiger partial charge in [-0.2, -0.15) is 0 Å². The highest BCUT2D eigenvalue weighted by Crippen LogP contribution is 2.37. The van der Waals surface area contributed by atoms with Crippen molar-refractivity contribution in [3.8, 4) is 11.5 Å². The van der Waals surface area contributed by atoms with Crippen molar-refractivity contribution in [1.29, 1.82) is 0 Å². The zero-order chi connectivity index (χ0) is 19.3. The van der Waals surface area contributed by atoms with Crippen molar-refractivity contribution in [2.24, 2.45) is 11.8 Å². The minimum atomic E-state index is -0.397. The number of rotatable bonds is 6. The van der Waals surface area contributed by atoms with E-state index in [2.05, 4.69) is 17.1 Å². The number of nitrogens with zero attached hydrogens (tertiary/aromatic N) is 1. The van der Waals surface area contributed by atoms with E-state index in [0.29, 0.717) is 18.3 Å². The van der Waals surface area contributed by atoms with Crippen LogP contribution in [0.2, 0.25) is 0 Å². The molecule has 3 fully saturated rings. The average Bonchev–Trinajstić information content (AvgIpc) is 2.75. The van der Waals surface area contributed by atoms with E-state index in [0.717, 1.165) is 42.8 Å². The molecule has 3 aliphatic rings. The van der Waals surface area contributed by atoms with Gasteiger partial charge in [0.1, 0.15) is 18.1 Å². The Balaban J connectivity index is 1.24. The van der Waals surface area contributed by atoms with E-state index >= 15 is 0 Å². The number of amides is 1. The molecule has 1 amide bonds. The number of ether oxygens (including phenoxy) is 2. The monoisotopic (exact) mass is 380 g/mol. The van der Waals surface area contributed by atoms with E-state index < -0.39 is 6.09 Å². The molecule has 5 nitrogen and oxygen atoms in total. The summed E-state index contributed by atoms with van der Waals surface area (Å²) in [4.78, 5) is 14.7. The highest BCUT2D eigenvalue weighted by molar-refractivity contribution is 5.84. The second-order valence-electron chi connectivity index (χ2n) is 7.76. The van der Waals surface area contributed by atoms with Crippen molar-refractivity contribution in [3.63, 3.8) is 0 Å². The topological polar surface area (TPSA) is 50.8 Å². The van der Waals surface area contributed by atoms with Gasteiger partial charge in [0.15, 0.2) is 0 Å². The van der Waals surface area contributed by atoms with Crippen molar-refractivity contribution in [3.05, 3.63) is 54.6 Å². The maximum Gasteiger partial charge on any atom is 0.411 e. The Hall–Kier alpha value is -2.53. The lowest BCUT2D eigenvalue weighted by Crippen LogP contribution is -2.54. The minimum absolute atomic E-state index is 0.369. The normalized spacial score (nSPS) is 25.9. The summed E-state index contributed by atoms with van der Waals surface area (Å²) in [5.74, 6) is 3.12. The van der Waals surface area contributed by atoms with Gasteiger partial charge in [-0.25, -0.2) is 4.79 Å². The molecule has 0 saturated carbocycles. The van der Waals surface area contributed by atoms with Gasteiger partial charge in [0.05, 0.1) is 0 Å². The molecule has 0 aliphatic carbocycles. The predicted octanol–water partition coefficient (Wildman–Crippen LogP) is 5.15. The first-order valence-electron chi connectivity index (χ1n) is 10.2. The number of benzene rings is 2. The number of para-hydroxylation sites is 1. The molecule has 1 N–H and O–H groups in total. The molecule has 4 atom stereocenters. The molecule has 2 aromatic carbocycles. The molecular formula is C23H28N2O3. The molecule has 148 valence electrons. The summed E-state index contributed by atoms with van der Waals surface area (Å²) >= 11 is 0. The number of carbonyl (C=O) groups is 1. The molecule has 3 saturated heterocycles. The molecule has 1 unspecified atom stereocenters. The Bertz CT molecular complexity index is 778. The van der Waals surface area contributed by atoms with E-state index in [1.54, 1.807) is 0 Å². The molecule has 3 aliphatic heterocycles. The van der Waals surface area contributed by atoms with Crippen LogP contribution in [-0.2, 0) is 4.74 Å². The highest BCUT2D eigenvalue weighted by Gasteiger charge is 2.39. The third-order valence-corrected chi connectivity index (χ3v) is 6.02. The van der Waals surface area contributed by atoms with Gasteiger partial charge in [0.2, 0.25) is 0 Å². The highest BCUT2D eigenvalue weighted by atomic mass is 16.5. The third-order valence-electron chi connectivity index (χ3n) is 6.02. The quantitative estimate of drug-likeness (QED) is 0.753. The standard InChI is InChI=1S/C23H28N2O3/c1-2-17-15-25-13-12-18(17)14-20(25)16-27-23(26)24-19-8-10-22(11-9-19)28-21-6-4-3-5-7-21/h3-11,17-18,20H,2,12-16H2,1H3,(H,24,26)/t17-,18-,20+/m0/s1. The van der Waals surface area contributed by atoms with E-state index in [1.165, 1.54) is 12.8 Å². The molecule has 2 aromatic rings. The number of nitrogens with one attached hydrogen (secondary N) is 1. The van der Waals surface area contributed by atoms with Crippen LogP contribution < -0.4 is 10.1 Å². The average molecular weight is 380 g/mol. The van der Waals surface area contributed by atoms with E-state index in [4.69, 9.17) is 9.47 Å². The van der Waals surface area contributed by atoms with Crippen LogP contribution in [0.25, 0.3) is 0 Å². The first-order valence-corrected chi connectivity index (χ1v) is 10.2. The summed E-state index contributed by atoms with van der Waals surface area (Å²) < 4.78 is 11.3. The van der Waals surface area contributed by atoms with Gasteiger partial charge in [-0.15, -0.1) is 0 Å². The van der Waals surface area contributed by atoms with Gasteiger partial charge < -0.3 is 9.47 Å². The lowest BCUT2D eigenvalue weighted by atomic mass is 9.75. The van der Waals surface area contributed by atoms with Gasteiger partial charge in [-0.05, 0) is 67.6 Å². The third kappa shape index (κ3) is 4.47. The Morgan fingerprint density at radius 1 is 1.11 bits per heavy atom. The molecule has 5 rings (SSSR count). The number of fused-ring (bicyclic) bond motifs is 3. The summed E-state index contributed by atoms with van der Waals surface area (Å²) in [5.41, 5.74) is 0.696. The number of anilines is 1. The van der Waals surface area contributed by atoms with Crippen molar-refractivity contribution >= 4 is 11.8 Å². The fraction of sp³-hybridized carbons (Fsp3) is 0.435. The summed E-state index contributed by atoms with van der Waals surface area (Å²) in [5, 5.41) is 2.80.